The lowest BCUT2D eigenvalue weighted by atomic mass is 9.84. The van der Waals surface area contributed by atoms with Crippen LogP contribution in [0.15, 0.2) is 40.8 Å². The number of rotatable bonds is 4. The van der Waals surface area contributed by atoms with Crippen molar-refractivity contribution in [1.82, 2.24) is 4.57 Å². The highest BCUT2D eigenvalue weighted by molar-refractivity contribution is 7.71. The van der Waals surface area contributed by atoms with E-state index < -0.39 is 24.0 Å². The molecular formula is C20H21ClN2O5S. The molecule has 1 aliphatic heterocycles. The highest BCUT2D eigenvalue weighted by atomic mass is 35.5. The number of ether oxygens (including phenoxy) is 3. The van der Waals surface area contributed by atoms with Crippen LogP contribution < -0.4 is 10.5 Å². The van der Waals surface area contributed by atoms with Crippen LogP contribution >= 0.6 is 23.8 Å². The molecule has 3 N–H and O–H groups in total. The number of halogens is 1. The number of fused-ring (bicyclic) bond motifs is 2. The summed E-state index contributed by atoms with van der Waals surface area (Å²) in [6, 6.07) is 9.76. The van der Waals surface area contributed by atoms with Crippen molar-refractivity contribution in [2.45, 2.75) is 31.0 Å². The maximum Gasteiger partial charge on any atom is 0.270 e. The van der Waals surface area contributed by atoms with E-state index in [-0.39, 0.29) is 4.84 Å². The summed E-state index contributed by atoms with van der Waals surface area (Å²) in [6.45, 7) is 1.72. The molecule has 1 aromatic heterocycles. The third kappa shape index (κ3) is 3.12. The van der Waals surface area contributed by atoms with Gasteiger partial charge in [-0.25, -0.2) is 0 Å². The second kappa shape index (κ2) is 7.30. The van der Waals surface area contributed by atoms with Crippen molar-refractivity contribution in [2.75, 3.05) is 20.0 Å². The number of anilines is 1. The van der Waals surface area contributed by atoms with Crippen LogP contribution in [0.4, 0.5) is 5.69 Å². The second-order valence-corrected chi connectivity index (χ2v) is 7.91. The molecule has 0 saturated heterocycles. The number of nitrogen functional groups attached to an aromatic ring is 1. The summed E-state index contributed by atoms with van der Waals surface area (Å²) >= 11 is 11.7. The predicted molar refractivity (Wildman–Crippen MR) is 112 cm³/mol. The van der Waals surface area contributed by atoms with Gasteiger partial charge in [-0.2, -0.15) is 0 Å². The minimum absolute atomic E-state index is 0.190. The van der Waals surface area contributed by atoms with E-state index in [0.717, 1.165) is 0 Å². The van der Waals surface area contributed by atoms with Gasteiger partial charge < -0.3 is 29.5 Å². The Labute approximate surface area is 177 Å². The minimum Gasteiger partial charge on any atom is -0.479 e. The van der Waals surface area contributed by atoms with Gasteiger partial charge in [-0.05, 0) is 55.5 Å². The summed E-state index contributed by atoms with van der Waals surface area (Å²) in [4.78, 5) is 0.190. The predicted octanol–water partition coefficient (Wildman–Crippen LogP) is 3.92. The molecule has 9 heteroatoms. The van der Waals surface area contributed by atoms with Crippen LogP contribution in [-0.4, -0.2) is 41.9 Å². The Bertz CT molecular complexity index is 1130. The Morgan fingerprint density at radius 3 is 2.66 bits per heavy atom. The average molecular weight is 437 g/mol. The number of nitrogens with zero attached hydrogens (tertiary/aromatic N) is 1. The van der Waals surface area contributed by atoms with E-state index in [0.29, 0.717) is 33.1 Å². The molecule has 0 amide bonds. The van der Waals surface area contributed by atoms with E-state index in [1.807, 2.05) is 0 Å². The van der Waals surface area contributed by atoms with Gasteiger partial charge in [0.25, 0.3) is 4.84 Å². The molecule has 0 saturated carbocycles. The van der Waals surface area contributed by atoms with Gasteiger partial charge >= 0.3 is 0 Å². The first kappa shape index (κ1) is 20.2. The molecule has 7 nitrogen and oxygen atoms in total. The maximum atomic E-state index is 11.5. The van der Waals surface area contributed by atoms with E-state index in [9.17, 15) is 5.11 Å². The number of methoxy groups -OCH3 is 2. The summed E-state index contributed by atoms with van der Waals surface area (Å²) < 4.78 is 24.5. The third-order valence-electron chi connectivity index (χ3n) is 5.32. The van der Waals surface area contributed by atoms with Crippen LogP contribution in [0.3, 0.4) is 0 Å². The third-order valence-corrected chi connectivity index (χ3v) is 5.83. The maximum absolute atomic E-state index is 11.5. The van der Waals surface area contributed by atoms with Crippen LogP contribution in [0, 0.1) is 4.84 Å². The van der Waals surface area contributed by atoms with Crippen molar-refractivity contribution in [3.05, 3.63) is 51.8 Å². The molecule has 2 aromatic carbocycles. The molecular weight excluding hydrogens is 416 g/mol. The van der Waals surface area contributed by atoms with Gasteiger partial charge in [-0.15, -0.1) is 0 Å². The van der Waals surface area contributed by atoms with Crippen molar-refractivity contribution >= 4 is 40.6 Å². The van der Waals surface area contributed by atoms with Gasteiger partial charge in [0, 0.05) is 30.5 Å². The van der Waals surface area contributed by atoms with Gasteiger partial charge in [0.15, 0.2) is 17.5 Å². The molecule has 2 heterocycles. The number of benzene rings is 2. The van der Waals surface area contributed by atoms with Gasteiger partial charge in [0.1, 0.15) is 11.9 Å². The van der Waals surface area contributed by atoms with E-state index in [2.05, 4.69) is 0 Å². The average Bonchev–Trinajstić information content (AvgIpc) is 2.99. The molecule has 0 radical (unpaired) electrons. The van der Waals surface area contributed by atoms with Crippen LogP contribution in [0.2, 0.25) is 5.02 Å². The molecule has 0 unspecified atom stereocenters. The molecule has 154 valence electrons. The Balaban J connectivity index is 2.01. The first-order valence-corrected chi connectivity index (χ1v) is 9.71. The Morgan fingerprint density at radius 2 is 1.97 bits per heavy atom. The zero-order valence-electron chi connectivity index (χ0n) is 16.1. The lowest BCUT2D eigenvalue weighted by Gasteiger charge is -2.46. The number of hydrogen-bond donors (Lipinski definition) is 2. The number of aromatic nitrogens is 1. The second-order valence-electron chi connectivity index (χ2n) is 7.13. The quantitative estimate of drug-likeness (QED) is 0.364. The first-order valence-electron chi connectivity index (χ1n) is 8.93. The van der Waals surface area contributed by atoms with Crippen molar-refractivity contribution < 1.29 is 23.7 Å². The van der Waals surface area contributed by atoms with Crippen molar-refractivity contribution in [2.24, 2.45) is 0 Å². The van der Waals surface area contributed by atoms with Gasteiger partial charge in [-0.1, -0.05) is 11.6 Å². The zero-order chi connectivity index (χ0) is 20.9. The van der Waals surface area contributed by atoms with E-state index in [4.69, 9.17) is 48.2 Å². The van der Waals surface area contributed by atoms with E-state index >= 15 is 0 Å². The molecule has 3 atom stereocenters. The zero-order valence-corrected chi connectivity index (χ0v) is 17.7. The fourth-order valence-electron chi connectivity index (χ4n) is 3.97. The molecule has 4 rings (SSSR count). The Kier molecular flexibility index (Phi) is 5.08. The smallest absolute Gasteiger partial charge is 0.270 e. The number of aliphatic hydroxyl groups excluding tert-OH is 1. The first-order chi connectivity index (χ1) is 13.8. The van der Waals surface area contributed by atoms with Gasteiger partial charge in [0.2, 0.25) is 0 Å². The monoisotopic (exact) mass is 436 g/mol. The summed E-state index contributed by atoms with van der Waals surface area (Å²) in [7, 11) is 2.98. The van der Waals surface area contributed by atoms with Crippen LogP contribution in [0.25, 0.3) is 11.1 Å². The van der Waals surface area contributed by atoms with Crippen molar-refractivity contribution in [3.8, 4) is 5.75 Å². The molecule has 3 aromatic rings. The Morgan fingerprint density at radius 1 is 1.24 bits per heavy atom. The summed E-state index contributed by atoms with van der Waals surface area (Å²) in [6.07, 6.45) is -1.96. The largest absolute Gasteiger partial charge is 0.479 e. The van der Waals surface area contributed by atoms with Gasteiger partial charge in [0.05, 0.1) is 11.6 Å². The van der Waals surface area contributed by atoms with Crippen molar-refractivity contribution in [1.29, 1.82) is 0 Å². The van der Waals surface area contributed by atoms with Gasteiger partial charge in [-0.3, -0.25) is 4.57 Å². The number of oxazole rings is 1. The Hall–Kier alpha value is -2.10. The molecule has 0 spiro atoms. The lowest BCUT2D eigenvalue weighted by molar-refractivity contribution is -0.238. The van der Waals surface area contributed by atoms with Crippen LogP contribution in [0.1, 0.15) is 18.5 Å². The molecule has 0 fully saturated rings. The minimum atomic E-state index is -1.24. The molecule has 1 aliphatic rings. The fourth-order valence-corrected chi connectivity index (χ4v) is 4.44. The molecule has 29 heavy (non-hydrogen) atoms. The molecule has 0 bridgehead atoms. The highest BCUT2D eigenvalue weighted by Gasteiger charge is 2.53. The lowest BCUT2D eigenvalue weighted by Crippen LogP contribution is -2.60. The number of aliphatic hydroxyl groups is 1. The van der Waals surface area contributed by atoms with E-state index in [1.54, 1.807) is 47.9 Å². The van der Waals surface area contributed by atoms with Crippen molar-refractivity contribution in [3.63, 3.8) is 0 Å². The number of hydrogen-bond acceptors (Lipinski definition) is 7. The van der Waals surface area contributed by atoms with E-state index in [1.165, 1.54) is 14.2 Å². The number of nitrogens with two attached hydrogens (primary N) is 1. The molecule has 0 aliphatic carbocycles. The normalized spacial score (nSPS) is 23.9. The summed E-state index contributed by atoms with van der Waals surface area (Å²) in [5, 5.41) is 12.0. The summed E-state index contributed by atoms with van der Waals surface area (Å²) in [5.74, 6) is 0.536. The topological polar surface area (TPSA) is 92.0 Å². The van der Waals surface area contributed by atoms with Crippen LogP contribution in [-0.2, 0) is 9.47 Å². The SMILES string of the molecule is COC(OC)[C@]1(C)Oc2ccc(N)cc2[C@H](n2c(=S)oc3ccc(Cl)cc32)[C@H]1O. The highest BCUT2D eigenvalue weighted by Crippen LogP contribution is 2.46. The standard InChI is InChI=1S/C20H21ClN2O5S/c1-20(18(25-2)26-3)17(24)16(12-9-11(22)5-7-14(12)28-20)23-13-8-10(21)4-6-15(13)27-19(23)29/h4-9,16-18,24H,22H2,1-3H3/t16-,17+,20+/m0/s1. The fraction of sp³-hybridized carbons (Fsp3) is 0.350. The van der Waals surface area contributed by atoms with Crippen LogP contribution in [0.5, 0.6) is 5.75 Å². The summed E-state index contributed by atoms with van der Waals surface area (Å²) in [5.41, 5.74) is 7.19.